The number of carbonyl (C=O) groups is 1. The average molecular weight is 823 g/mol. The summed E-state index contributed by atoms with van der Waals surface area (Å²) in [5, 5.41) is 44.0. The third-order valence-corrected chi connectivity index (χ3v) is 9.18. The van der Waals surface area contributed by atoms with Gasteiger partial charge in [-0.15, -0.1) is 20.4 Å². The van der Waals surface area contributed by atoms with E-state index in [9.17, 15) is 9.90 Å². The Morgan fingerprint density at radius 1 is 0.500 bits per heavy atom. The van der Waals surface area contributed by atoms with Crippen molar-refractivity contribution in [2.24, 2.45) is 28.2 Å². The summed E-state index contributed by atoms with van der Waals surface area (Å²) >= 11 is 0. The fourth-order valence-electron chi connectivity index (χ4n) is 6.17. The summed E-state index contributed by atoms with van der Waals surface area (Å²) in [5.74, 6) is 2.67. The molecule has 22 nitrogen and oxygen atoms in total. The number of aromatic hydroxyl groups is 1. The van der Waals surface area contributed by atoms with Gasteiger partial charge in [-0.2, -0.15) is 20.4 Å². The molecule has 0 bridgehead atoms. The number of aryl methyl sites for hydroxylation is 12. The van der Waals surface area contributed by atoms with Crippen LogP contribution in [0.5, 0.6) is 5.75 Å². The zero-order valence-corrected chi connectivity index (χ0v) is 36.6. The molecule has 0 aliphatic rings. The van der Waals surface area contributed by atoms with E-state index in [1.807, 2.05) is 64.1 Å². The van der Waals surface area contributed by atoms with Crippen LogP contribution in [0.1, 0.15) is 66.4 Å². The molecule has 0 saturated heterocycles. The predicted octanol–water partition coefficient (Wildman–Crippen LogP) is 3.85. The summed E-state index contributed by atoms with van der Waals surface area (Å²) < 4.78 is 13.9. The van der Waals surface area contributed by atoms with Crippen molar-refractivity contribution in [1.29, 1.82) is 0 Å². The monoisotopic (exact) mass is 822 g/mol. The van der Waals surface area contributed by atoms with Crippen LogP contribution in [0.15, 0.2) is 31.4 Å². The number of aldehydes is 1. The second-order valence-electron chi connectivity index (χ2n) is 13.7. The predicted molar refractivity (Wildman–Crippen MR) is 222 cm³/mol. The molecular formula is C38H54N20O2. The molecule has 0 spiro atoms. The smallest absolute Gasteiger partial charge is 0.203 e. The summed E-state index contributed by atoms with van der Waals surface area (Å²) in [6, 6.07) is 2.00. The first-order chi connectivity index (χ1) is 28.6. The van der Waals surface area contributed by atoms with E-state index in [1.165, 1.54) is 0 Å². The summed E-state index contributed by atoms with van der Waals surface area (Å²) in [7, 11) is 7.30. The lowest BCUT2D eigenvalue weighted by atomic mass is 10.2. The van der Waals surface area contributed by atoms with Gasteiger partial charge >= 0.3 is 0 Å². The average Bonchev–Trinajstić information content (AvgIpc) is 4.11. The highest BCUT2D eigenvalue weighted by Gasteiger charge is 2.20. The molecule has 22 heteroatoms. The standard InChI is InChI=1S/C10H13N5O.C10H15N5.C9H13N5O.C9H13N5/c1-4-15-9(8(5-16)7(2)12-15)10-11-6-14(3)13-10;1-5-15-9(7(2)8(3)12-15)10-11-6-14(4)13-10;1-4-14-7(8(15)6(2)11-14)9-10-5-13(3)12-9;1-4-14-8(5-7(2)11-14)9-10-6-13(3)12-9/h5-6H,4H2,1-3H3;6H,5H2,1-4H3;5,15H,4H2,1-3H3;5-6H,4H2,1-3H3. The van der Waals surface area contributed by atoms with E-state index in [2.05, 4.69) is 81.5 Å². The van der Waals surface area contributed by atoms with E-state index in [0.717, 1.165) is 59.4 Å². The zero-order chi connectivity index (χ0) is 43.8. The van der Waals surface area contributed by atoms with Gasteiger partial charge in [0.05, 0.1) is 22.6 Å². The van der Waals surface area contributed by atoms with Crippen molar-refractivity contribution in [3.05, 3.63) is 65.3 Å². The highest BCUT2D eigenvalue weighted by Crippen LogP contribution is 2.29. The van der Waals surface area contributed by atoms with Crippen LogP contribution in [0.25, 0.3) is 46.1 Å². The number of rotatable bonds is 9. The zero-order valence-electron chi connectivity index (χ0n) is 36.6. The van der Waals surface area contributed by atoms with E-state index < -0.39 is 0 Å². The summed E-state index contributed by atoms with van der Waals surface area (Å²) in [4.78, 5) is 27.7. The van der Waals surface area contributed by atoms with Gasteiger partial charge in [-0.3, -0.25) is 42.2 Å². The molecule has 1 N–H and O–H groups in total. The fraction of sp³-hybridized carbons (Fsp3) is 0.447. The van der Waals surface area contributed by atoms with E-state index in [4.69, 9.17) is 0 Å². The third kappa shape index (κ3) is 9.59. The maximum Gasteiger partial charge on any atom is 0.203 e. The summed E-state index contributed by atoms with van der Waals surface area (Å²) in [5.41, 5.74) is 8.33. The first kappa shape index (κ1) is 44.0. The maximum atomic E-state index is 11.0. The Balaban J connectivity index is 0.000000152. The molecule has 0 aliphatic heterocycles. The van der Waals surface area contributed by atoms with Crippen LogP contribution in [0.2, 0.25) is 0 Å². The van der Waals surface area contributed by atoms with Gasteiger partial charge in [-0.1, -0.05) is 0 Å². The molecule has 8 heterocycles. The quantitative estimate of drug-likeness (QED) is 0.204. The molecule has 0 aromatic carbocycles. The van der Waals surface area contributed by atoms with Crippen LogP contribution in [0, 0.1) is 34.6 Å². The van der Waals surface area contributed by atoms with E-state index in [1.54, 1.807) is 74.4 Å². The van der Waals surface area contributed by atoms with Crippen molar-refractivity contribution in [2.75, 3.05) is 0 Å². The Bertz CT molecular complexity index is 2560. The largest absolute Gasteiger partial charge is 0.504 e. The van der Waals surface area contributed by atoms with Crippen molar-refractivity contribution in [1.82, 2.24) is 98.2 Å². The van der Waals surface area contributed by atoms with Crippen molar-refractivity contribution in [2.45, 2.75) is 88.5 Å². The molecule has 8 aromatic rings. The second kappa shape index (κ2) is 19.1. The fourth-order valence-corrected chi connectivity index (χ4v) is 6.17. The first-order valence-electron chi connectivity index (χ1n) is 19.5. The van der Waals surface area contributed by atoms with E-state index in [0.29, 0.717) is 53.1 Å². The summed E-state index contributed by atoms with van der Waals surface area (Å²) in [6.07, 6.45) is 7.40. The van der Waals surface area contributed by atoms with Crippen molar-refractivity contribution < 1.29 is 9.90 Å². The molecule has 0 saturated carbocycles. The minimum absolute atomic E-state index is 0.156. The van der Waals surface area contributed by atoms with Crippen molar-refractivity contribution in [3.63, 3.8) is 0 Å². The molecule has 0 fully saturated rings. The Morgan fingerprint density at radius 2 is 0.900 bits per heavy atom. The molecular weight excluding hydrogens is 769 g/mol. The molecule has 0 radical (unpaired) electrons. The Kier molecular flexibility index (Phi) is 14.0. The van der Waals surface area contributed by atoms with Gasteiger partial charge in [0.1, 0.15) is 53.8 Å². The minimum Gasteiger partial charge on any atom is -0.504 e. The number of nitrogens with zero attached hydrogens (tertiary/aromatic N) is 20. The van der Waals surface area contributed by atoms with Gasteiger partial charge in [0.25, 0.3) is 0 Å². The van der Waals surface area contributed by atoms with Crippen LogP contribution in [-0.4, -0.2) is 110 Å². The molecule has 60 heavy (non-hydrogen) atoms. The molecule has 318 valence electrons. The number of hydrogen-bond donors (Lipinski definition) is 1. The highest BCUT2D eigenvalue weighted by molar-refractivity contribution is 5.85. The van der Waals surface area contributed by atoms with Crippen LogP contribution < -0.4 is 0 Å². The maximum absolute atomic E-state index is 11.0. The third-order valence-electron chi connectivity index (χ3n) is 9.18. The second-order valence-corrected chi connectivity index (χ2v) is 13.7. The van der Waals surface area contributed by atoms with E-state index >= 15 is 0 Å². The Morgan fingerprint density at radius 3 is 1.35 bits per heavy atom. The minimum atomic E-state index is 0.156. The number of hydrogen-bond acceptors (Lipinski definition) is 14. The van der Waals surface area contributed by atoms with Crippen LogP contribution >= 0.6 is 0 Å². The topological polar surface area (TPSA) is 231 Å². The lowest BCUT2D eigenvalue weighted by Gasteiger charge is -2.00. The van der Waals surface area contributed by atoms with Gasteiger partial charge in [0.2, 0.25) is 5.82 Å². The van der Waals surface area contributed by atoms with E-state index in [-0.39, 0.29) is 5.75 Å². The lowest BCUT2D eigenvalue weighted by Crippen LogP contribution is -2.01. The first-order valence-corrected chi connectivity index (χ1v) is 19.5. The summed E-state index contributed by atoms with van der Waals surface area (Å²) in [6.45, 7) is 20.7. The van der Waals surface area contributed by atoms with Crippen molar-refractivity contribution >= 4 is 6.29 Å². The van der Waals surface area contributed by atoms with Crippen molar-refractivity contribution in [3.8, 4) is 51.8 Å². The highest BCUT2D eigenvalue weighted by atomic mass is 16.3. The SMILES string of the molecule is CCn1nc(C)c(C)c1-c1ncn(C)n1.CCn1nc(C)c(C=O)c1-c1ncn(C)n1.CCn1nc(C)c(O)c1-c1ncn(C)n1.CCn1nc(C)cc1-c1ncn(C)n1. The van der Waals surface area contributed by atoms with Crippen LogP contribution in [0.4, 0.5) is 0 Å². The van der Waals surface area contributed by atoms with Gasteiger partial charge in [0, 0.05) is 59.9 Å². The molecule has 0 amide bonds. The van der Waals surface area contributed by atoms with Gasteiger partial charge in [-0.05, 0) is 68.4 Å². The molecule has 8 aromatic heterocycles. The van der Waals surface area contributed by atoms with Crippen LogP contribution in [0.3, 0.4) is 0 Å². The Labute approximate surface area is 347 Å². The van der Waals surface area contributed by atoms with Gasteiger partial charge in [0.15, 0.2) is 29.5 Å². The molecule has 8 rings (SSSR count). The molecule has 0 aliphatic carbocycles. The van der Waals surface area contributed by atoms with Gasteiger partial charge < -0.3 is 5.11 Å². The normalized spacial score (nSPS) is 10.8. The lowest BCUT2D eigenvalue weighted by molar-refractivity contribution is 0.112. The van der Waals surface area contributed by atoms with Gasteiger partial charge in [-0.25, -0.2) is 19.9 Å². The number of carbonyl (C=O) groups excluding carboxylic acids is 1. The Hall–Kier alpha value is -7.13. The molecule has 0 unspecified atom stereocenters. The van der Waals surface area contributed by atoms with Crippen LogP contribution in [-0.2, 0) is 54.4 Å². The molecule has 0 atom stereocenters. The number of aromatic nitrogens is 20.